The normalized spacial score (nSPS) is 28.6. The zero-order valence-electron chi connectivity index (χ0n) is 25.1. The van der Waals surface area contributed by atoms with E-state index in [4.69, 9.17) is 0 Å². The molecule has 0 radical (unpaired) electrons. The van der Waals surface area contributed by atoms with Crippen molar-refractivity contribution in [2.45, 2.75) is 181 Å². The van der Waals surface area contributed by atoms with E-state index in [1.807, 2.05) is 0 Å². The van der Waals surface area contributed by atoms with Crippen LogP contribution in [0.1, 0.15) is 187 Å². The summed E-state index contributed by atoms with van der Waals surface area (Å²) < 4.78 is 0. The van der Waals surface area contributed by atoms with E-state index in [1.54, 1.807) is 5.56 Å². The molecule has 3 unspecified atom stereocenters. The standard InChI is InChI=1S/C35H63N/c1-5-8-25-34(4)26-21-19-17-15-13-11-10-12-14-16-18-20-22-28-35(7-3,27-9-6-2)31-33(34)32-23-29-36-30-24-32/h23-24,29-30,33H,5-22,25-28,31H2,1-4H3. The van der Waals surface area contributed by atoms with Gasteiger partial charge in [-0.15, -0.1) is 0 Å². The van der Waals surface area contributed by atoms with Crippen LogP contribution in [0, 0.1) is 10.8 Å². The summed E-state index contributed by atoms with van der Waals surface area (Å²) in [5.74, 6) is 0.658. The van der Waals surface area contributed by atoms with E-state index in [9.17, 15) is 0 Å². The largest absolute Gasteiger partial charge is 0.265 e. The number of nitrogens with zero attached hydrogens (tertiary/aromatic N) is 1. The third-order valence-electron chi connectivity index (χ3n) is 9.95. The molecule has 0 amide bonds. The molecule has 0 bridgehead atoms. The summed E-state index contributed by atoms with van der Waals surface area (Å²) in [6.07, 6.45) is 36.8. The van der Waals surface area contributed by atoms with Gasteiger partial charge in [0, 0.05) is 12.4 Å². The summed E-state index contributed by atoms with van der Waals surface area (Å²) in [5, 5.41) is 0. The lowest BCUT2D eigenvalue weighted by molar-refractivity contribution is 0.107. The zero-order chi connectivity index (χ0) is 26.0. The van der Waals surface area contributed by atoms with Crippen LogP contribution >= 0.6 is 0 Å². The highest BCUT2D eigenvalue weighted by atomic mass is 14.6. The molecule has 1 fully saturated rings. The monoisotopic (exact) mass is 497 g/mol. The highest BCUT2D eigenvalue weighted by Gasteiger charge is 2.40. The summed E-state index contributed by atoms with van der Waals surface area (Å²) in [5.41, 5.74) is 2.47. The Morgan fingerprint density at radius 2 is 1.14 bits per heavy atom. The second-order valence-corrected chi connectivity index (χ2v) is 12.8. The molecule has 0 spiro atoms. The average molecular weight is 498 g/mol. The van der Waals surface area contributed by atoms with Gasteiger partial charge in [-0.25, -0.2) is 0 Å². The Morgan fingerprint density at radius 1 is 0.667 bits per heavy atom. The smallest absolute Gasteiger partial charge is 0.0270 e. The lowest BCUT2D eigenvalue weighted by atomic mass is 9.60. The summed E-state index contributed by atoms with van der Waals surface area (Å²) in [4.78, 5) is 4.43. The molecule has 0 aromatic carbocycles. The van der Waals surface area contributed by atoms with Crippen molar-refractivity contribution in [3.8, 4) is 0 Å². The fraction of sp³-hybridized carbons (Fsp3) is 0.857. The van der Waals surface area contributed by atoms with Crippen LogP contribution in [0.3, 0.4) is 0 Å². The minimum absolute atomic E-state index is 0.396. The highest BCUT2D eigenvalue weighted by Crippen LogP contribution is 2.53. The van der Waals surface area contributed by atoms with Crippen LogP contribution in [-0.2, 0) is 0 Å². The van der Waals surface area contributed by atoms with Gasteiger partial charge in [0.25, 0.3) is 0 Å². The van der Waals surface area contributed by atoms with Crippen LogP contribution in [0.4, 0.5) is 0 Å². The van der Waals surface area contributed by atoms with Crippen molar-refractivity contribution in [2.75, 3.05) is 0 Å². The summed E-state index contributed by atoms with van der Waals surface area (Å²) in [6, 6.07) is 4.73. The Morgan fingerprint density at radius 3 is 1.64 bits per heavy atom. The fourth-order valence-corrected chi connectivity index (χ4v) is 7.20. The van der Waals surface area contributed by atoms with E-state index >= 15 is 0 Å². The number of rotatable bonds is 8. The Hall–Kier alpha value is -0.850. The lowest BCUT2D eigenvalue weighted by Crippen LogP contribution is -2.33. The van der Waals surface area contributed by atoms with Crippen LogP contribution in [0.2, 0.25) is 0 Å². The SMILES string of the molecule is CCCCC1(CC)CCCCCCCCCCCCCCCC(C)(CCCC)C(c2ccncc2)C1. The molecule has 3 atom stereocenters. The maximum absolute atomic E-state index is 4.43. The Balaban J connectivity index is 2.34. The Labute approximate surface area is 227 Å². The van der Waals surface area contributed by atoms with Gasteiger partial charge >= 0.3 is 0 Å². The number of hydrogen-bond donors (Lipinski definition) is 0. The molecule has 1 aromatic heterocycles. The summed E-state index contributed by atoms with van der Waals surface area (Å²) >= 11 is 0. The van der Waals surface area contributed by atoms with Crippen molar-refractivity contribution in [1.29, 1.82) is 0 Å². The first-order chi connectivity index (χ1) is 17.6. The molecule has 1 aliphatic rings. The highest BCUT2D eigenvalue weighted by molar-refractivity contribution is 5.20. The predicted molar refractivity (Wildman–Crippen MR) is 161 cm³/mol. The Kier molecular flexibility index (Phi) is 16.0. The maximum atomic E-state index is 4.43. The van der Waals surface area contributed by atoms with Gasteiger partial charge in [-0.3, -0.25) is 4.98 Å². The van der Waals surface area contributed by atoms with Gasteiger partial charge in [-0.1, -0.05) is 143 Å². The van der Waals surface area contributed by atoms with E-state index in [1.165, 1.54) is 148 Å². The van der Waals surface area contributed by atoms with Gasteiger partial charge in [-0.2, -0.15) is 0 Å². The molecule has 1 heterocycles. The van der Waals surface area contributed by atoms with Crippen molar-refractivity contribution in [2.24, 2.45) is 10.8 Å². The van der Waals surface area contributed by atoms with Gasteiger partial charge in [0.15, 0.2) is 0 Å². The van der Waals surface area contributed by atoms with E-state index in [-0.39, 0.29) is 0 Å². The molecule has 0 saturated heterocycles. The third kappa shape index (κ3) is 11.3. The molecule has 1 aliphatic carbocycles. The second-order valence-electron chi connectivity index (χ2n) is 12.8. The van der Waals surface area contributed by atoms with Crippen LogP contribution in [0.5, 0.6) is 0 Å². The molecule has 1 nitrogen and oxygen atoms in total. The minimum atomic E-state index is 0.396. The van der Waals surface area contributed by atoms with Crippen LogP contribution in [-0.4, -0.2) is 4.98 Å². The van der Waals surface area contributed by atoms with Crippen LogP contribution in [0.25, 0.3) is 0 Å². The van der Waals surface area contributed by atoms with E-state index < -0.39 is 0 Å². The van der Waals surface area contributed by atoms with Gasteiger partial charge < -0.3 is 0 Å². The number of hydrogen-bond acceptors (Lipinski definition) is 1. The van der Waals surface area contributed by atoms with Crippen molar-refractivity contribution >= 4 is 0 Å². The van der Waals surface area contributed by atoms with E-state index in [0.29, 0.717) is 16.7 Å². The molecular weight excluding hydrogens is 434 g/mol. The van der Waals surface area contributed by atoms with Gasteiger partial charge in [0.1, 0.15) is 0 Å². The molecular formula is C35H63N. The van der Waals surface area contributed by atoms with Crippen LogP contribution in [0.15, 0.2) is 24.5 Å². The van der Waals surface area contributed by atoms with Gasteiger partial charge in [0.05, 0.1) is 0 Å². The average Bonchev–Trinajstić information content (AvgIpc) is 2.91. The topological polar surface area (TPSA) is 12.9 Å². The van der Waals surface area contributed by atoms with Gasteiger partial charge in [-0.05, 0) is 66.5 Å². The number of pyridine rings is 1. The molecule has 1 aromatic rings. The minimum Gasteiger partial charge on any atom is -0.265 e. The lowest BCUT2D eigenvalue weighted by Gasteiger charge is -2.45. The first-order valence-corrected chi connectivity index (χ1v) is 16.5. The maximum Gasteiger partial charge on any atom is 0.0270 e. The molecule has 1 saturated carbocycles. The van der Waals surface area contributed by atoms with Crippen LogP contribution < -0.4 is 0 Å². The second kappa shape index (κ2) is 18.4. The molecule has 0 N–H and O–H groups in total. The van der Waals surface area contributed by atoms with Crippen molar-refractivity contribution in [3.05, 3.63) is 30.1 Å². The molecule has 36 heavy (non-hydrogen) atoms. The quantitative estimate of drug-likeness (QED) is 0.348. The molecule has 2 rings (SSSR count). The van der Waals surface area contributed by atoms with E-state index in [0.717, 1.165) is 0 Å². The molecule has 1 heteroatoms. The van der Waals surface area contributed by atoms with Crippen molar-refractivity contribution < 1.29 is 0 Å². The predicted octanol–water partition coefficient (Wildman–Crippen LogP) is 12.2. The number of aromatic nitrogens is 1. The van der Waals surface area contributed by atoms with Crippen molar-refractivity contribution in [3.63, 3.8) is 0 Å². The first kappa shape index (κ1) is 31.4. The zero-order valence-corrected chi connectivity index (χ0v) is 25.1. The van der Waals surface area contributed by atoms with E-state index in [2.05, 4.69) is 57.2 Å². The summed E-state index contributed by atoms with van der Waals surface area (Å²) in [6.45, 7) is 9.96. The summed E-state index contributed by atoms with van der Waals surface area (Å²) in [7, 11) is 0. The molecule has 208 valence electrons. The third-order valence-corrected chi connectivity index (χ3v) is 9.95. The first-order valence-electron chi connectivity index (χ1n) is 16.5. The fourth-order valence-electron chi connectivity index (χ4n) is 7.20. The Bertz CT molecular complexity index is 639. The van der Waals surface area contributed by atoms with Crippen molar-refractivity contribution in [1.82, 2.24) is 4.98 Å². The molecule has 0 aliphatic heterocycles. The number of unbranched alkanes of at least 4 members (excludes halogenated alkanes) is 2. The van der Waals surface area contributed by atoms with Gasteiger partial charge in [0.2, 0.25) is 0 Å².